The smallest absolute Gasteiger partial charge is 0.250 e. The van der Waals surface area contributed by atoms with Gasteiger partial charge in [0.2, 0.25) is 5.91 Å². The van der Waals surface area contributed by atoms with Crippen LogP contribution in [-0.4, -0.2) is 24.1 Å². The number of benzene rings is 2. The molecule has 1 N–H and O–H groups in total. The van der Waals surface area contributed by atoms with Gasteiger partial charge in [-0.15, -0.1) is 0 Å². The van der Waals surface area contributed by atoms with E-state index in [2.05, 4.69) is 10.3 Å². The second-order valence-corrected chi connectivity index (χ2v) is 6.24. The molecule has 6 heteroatoms. The van der Waals surface area contributed by atoms with Gasteiger partial charge in [-0.25, -0.2) is 4.98 Å². The Bertz CT molecular complexity index is 900. The van der Waals surface area contributed by atoms with Crippen LogP contribution in [0.25, 0.3) is 16.3 Å². The van der Waals surface area contributed by atoms with Gasteiger partial charge < -0.3 is 9.47 Å². The summed E-state index contributed by atoms with van der Waals surface area (Å²) in [5.41, 5.74) is 1.76. The van der Waals surface area contributed by atoms with Gasteiger partial charge in [0.1, 0.15) is 13.2 Å². The number of hydrogen-bond acceptors (Lipinski definition) is 5. The molecular formula is C18H14N2O3S. The zero-order valence-electron chi connectivity index (χ0n) is 12.7. The summed E-state index contributed by atoms with van der Waals surface area (Å²) in [7, 11) is 0. The lowest BCUT2D eigenvalue weighted by Crippen LogP contribution is -2.15. The minimum atomic E-state index is -0.219. The molecule has 0 spiro atoms. The Morgan fingerprint density at radius 2 is 1.96 bits per heavy atom. The molecule has 0 fully saturated rings. The largest absolute Gasteiger partial charge is 0.486 e. The van der Waals surface area contributed by atoms with Crippen LogP contribution < -0.4 is 14.8 Å². The molecule has 120 valence electrons. The highest BCUT2D eigenvalue weighted by atomic mass is 32.1. The van der Waals surface area contributed by atoms with E-state index in [1.54, 1.807) is 6.08 Å². The average Bonchev–Trinajstić information content (AvgIpc) is 3.02. The van der Waals surface area contributed by atoms with Gasteiger partial charge in [0.05, 0.1) is 10.2 Å². The SMILES string of the molecule is O=C(C=Cc1ccc2c(c1)OCCO2)Nc1nc2ccccc2s1. The second-order valence-electron chi connectivity index (χ2n) is 5.21. The van der Waals surface area contributed by atoms with Gasteiger partial charge in [-0.3, -0.25) is 10.1 Å². The average molecular weight is 338 g/mol. The number of thiazole rings is 1. The lowest BCUT2D eigenvalue weighted by Gasteiger charge is -2.18. The molecule has 1 aliphatic heterocycles. The summed E-state index contributed by atoms with van der Waals surface area (Å²) in [5, 5.41) is 3.38. The standard InChI is InChI=1S/C18H14N2O3S/c21-17(20-18-19-13-3-1-2-4-16(13)24-18)8-6-12-5-7-14-15(11-12)23-10-9-22-14/h1-8,11H,9-10H2,(H,19,20,21). The number of nitrogens with zero attached hydrogens (tertiary/aromatic N) is 1. The third-order valence-electron chi connectivity index (χ3n) is 3.52. The number of aromatic nitrogens is 1. The number of amides is 1. The Morgan fingerprint density at radius 3 is 2.83 bits per heavy atom. The fourth-order valence-corrected chi connectivity index (χ4v) is 3.28. The van der Waals surface area contributed by atoms with Crippen molar-refractivity contribution < 1.29 is 14.3 Å². The molecular weight excluding hydrogens is 324 g/mol. The molecule has 1 aliphatic rings. The van der Waals surface area contributed by atoms with Gasteiger partial charge >= 0.3 is 0 Å². The summed E-state index contributed by atoms with van der Waals surface area (Å²) < 4.78 is 12.1. The zero-order chi connectivity index (χ0) is 16.4. The second kappa shape index (κ2) is 6.33. The van der Waals surface area contributed by atoms with Gasteiger partial charge in [0.25, 0.3) is 0 Å². The summed E-state index contributed by atoms with van der Waals surface area (Å²) in [4.78, 5) is 16.4. The fourth-order valence-electron chi connectivity index (χ4n) is 2.41. The Kier molecular flexibility index (Phi) is 3.88. The predicted molar refractivity (Wildman–Crippen MR) is 94.7 cm³/mol. The molecule has 2 heterocycles. The molecule has 0 saturated carbocycles. The van der Waals surface area contributed by atoms with Gasteiger partial charge in [0, 0.05) is 6.08 Å². The van der Waals surface area contributed by atoms with Crippen molar-refractivity contribution in [2.75, 3.05) is 18.5 Å². The van der Waals surface area contributed by atoms with Crippen LogP contribution in [0.1, 0.15) is 5.56 Å². The molecule has 24 heavy (non-hydrogen) atoms. The van der Waals surface area contributed by atoms with E-state index in [1.807, 2.05) is 42.5 Å². The van der Waals surface area contributed by atoms with Gasteiger partial charge in [0.15, 0.2) is 16.6 Å². The first-order chi connectivity index (χ1) is 11.8. The minimum absolute atomic E-state index is 0.219. The predicted octanol–water partition coefficient (Wildman–Crippen LogP) is 3.72. The molecule has 0 saturated heterocycles. The summed E-state index contributed by atoms with van der Waals surface area (Å²) in [6, 6.07) is 13.4. The van der Waals surface area contributed by atoms with Crippen molar-refractivity contribution in [1.82, 2.24) is 4.98 Å². The minimum Gasteiger partial charge on any atom is -0.486 e. The van der Waals surface area contributed by atoms with Crippen LogP contribution in [0, 0.1) is 0 Å². The summed E-state index contributed by atoms with van der Waals surface area (Å²) in [6.45, 7) is 1.10. The molecule has 5 nitrogen and oxygen atoms in total. The summed E-state index contributed by atoms with van der Waals surface area (Å²) >= 11 is 1.45. The van der Waals surface area contributed by atoms with E-state index in [0.29, 0.717) is 24.1 Å². The van der Waals surface area contributed by atoms with Crippen LogP contribution >= 0.6 is 11.3 Å². The van der Waals surface area contributed by atoms with Crippen molar-refractivity contribution in [1.29, 1.82) is 0 Å². The van der Waals surface area contributed by atoms with Crippen LogP contribution in [0.2, 0.25) is 0 Å². The Balaban J connectivity index is 1.46. The van der Waals surface area contributed by atoms with Crippen LogP contribution in [0.3, 0.4) is 0 Å². The number of para-hydroxylation sites is 1. The lowest BCUT2D eigenvalue weighted by atomic mass is 10.2. The Morgan fingerprint density at radius 1 is 1.12 bits per heavy atom. The fraction of sp³-hybridized carbons (Fsp3) is 0.111. The monoisotopic (exact) mass is 338 g/mol. The van der Waals surface area contributed by atoms with Gasteiger partial charge in [-0.2, -0.15) is 0 Å². The van der Waals surface area contributed by atoms with Crippen LogP contribution in [0.15, 0.2) is 48.5 Å². The van der Waals surface area contributed by atoms with E-state index in [-0.39, 0.29) is 5.91 Å². The highest BCUT2D eigenvalue weighted by Gasteiger charge is 2.11. The molecule has 4 rings (SSSR count). The molecule has 0 unspecified atom stereocenters. The van der Waals surface area contributed by atoms with Crippen LogP contribution in [0.4, 0.5) is 5.13 Å². The Labute approximate surface area is 142 Å². The van der Waals surface area contributed by atoms with Crippen molar-refractivity contribution in [2.24, 2.45) is 0 Å². The lowest BCUT2D eigenvalue weighted by molar-refractivity contribution is -0.111. The van der Waals surface area contributed by atoms with Crippen molar-refractivity contribution in [3.63, 3.8) is 0 Å². The van der Waals surface area contributed by atoms with E-state index < -0.39 is 0 Å². The number of nitrogens with one attached hydrogen (secondary N) is 1. The van der Waals surface area contributed by atoms with Gasteiger partial charge in [-0.1, -0.05) is 29.5 Å². The van der Waals surface area contributed by atoms with Gasteiger partial charge in [-0.05, 0) is 35.9 Å². The number of carbonyl (C=O) groups excluding carboxylic acids is 1. The van der Waals surface area contributed by atoms with E-state index in [4.69, 9.17) is 9.47 Å². The van der Waals surface area contributed by atoms with Crippen molar-refractivity contribution >= 4 is 38.7 Å². The zero-order valence-corrected chi connectivity index (χ0v) is 13.5. The number of ether oxygens (including phenoxy) is 2. The van der Waals surface area contributed by atoms with Crippen molar-refractivity contribution in [2.45, 2.75) is 0 Å². The highest BCUT2D eigenvalue weighted by Crippen LogP contribution is 2.31. The maximum absolute atomic E-state index is 12.1. The quantitative estimate of drug-likeness (QED) is 0.740. The van der Waals surface area contributed by atoms with E-state index in [0.717, 1.165) is 21.5 Å². The Hall–Kier alpha value is -2.86. The summed E-state index contributed by atoms with van der Waals surface area (Å²) in [6.07, 6.45) is 3.22. The van der Waals surface area contributed by atoms with Crippen molar-refractivity contribution in [3.05, 3.63) is 54.1 Å². The highest BCUT2D eigenvalue weighted by molar-refractivity contribution is 7.22. The molecule has 3 aromatic rings. The first-order valence-corrected chi connectivity index (χ1v) is 8.34. The molecule has 1 amide bonds. The first-order valence-electron chi connectivity index (χ1n) is 7.52. The molecule has 0 radical (unpaired) electrons. The number of anilines is 1. The van der Waals surface area contributed by atoms with E-state index >= 15 is 0 Å². The molecule has 0 aliphatic carbocycles. The molecule has 2 aromatic carbocycles. The maximum atomic E-state index is 12.1. The molecule has 1 aromatic heterocycles. The van der Waals surface area contributed by atoms with Crippen molar-refractivity contribution in [3.8, 4) is 11.5 Å². The first kappa shape index (κ1) is 14.7. The van der Waals surface area contributed by atoms with Crippen LogP contribution in [-0.2, 0) is 4.79 Å². The van der Waals surface area contributed by atoms with Crippen LogP contribution in [0.5, 0.6) is 11.5 Å². The van der Waals surface area contributed by atoms with E-state index in [9.17, 15) is 4.79 Å². The topological polar surface area (TPSA) is 60.5 Å². The molecule has 0 atom stereocenters. The summed E-state index contributed by atoms with van der Waals surface area (Å²) in [5.74, 6) is 1.22. The number of hydrogen-bond donors (Lipinski definition) is 1. The number of carbonyl (C=O) groups is 1. The third-order valence-corrected chi connectivity index (χ3v) is 4.47. The third kappa shape index (κ3) is 3.09. The number of rotatable bonds is 3. The number of fused-ring (bicyclic) bond motifs is 2. The molecule has 0 bridgehead atoms. The maximum Gasteiger partial charge on any atom is 0.250 e. The van der Waals surface area contributed by atoms with E-state index in [1.165, 1.54) is 17.4 Å². The normalized spacial score (nSPS) is 13.3.